The fourth-order valence-electron chi connectivity index (χ4n) is 8.84. The third kappa shape index (κ3) is 5.25. The quantitative estimate of drug-likeness (QED) is 0.176. The highest BCUT2D eigenvalue weighted by Crippen LogP contribution is 2.59. The van der Waals surface area contributed by atoms with Gasteiger partial charge in [0.05, 0.1) is 52.3 Å². The average Bonchev–Trinajstić information content (AvgIpc) is 3.46. The molecule has 0 saturated carbocycles. The van der Waals surface area contributed by atoms with Crippen LogP contribution in [0.5, 0.6) is 17.2 Å². The molecule has 5 aromatic carbocycles. The van der Waals surface area contributed by atoms with Crippen molar-refractivity contribution in [3.8, 4) is 34.4 Å². The van der Waals surface area contributed by atoms with Gasteiger partial charge in [-0.1, -0.05) is 50.3 Å². The summed E-state index contributed by atoms with van der Waals surface area (Å²) in [5.41, 5.74) is 9.30. The van der Waals surface area contributed by atoms with Crippen LogP contribution in [0.4, 0.5) is 11.4 Å². The van der Waals surface area contributed by atoms with Crippen LogP contribution >= 0.6 is 0 Å². The second-order valence-corrected chi connectivity index (χ2v) is 14.7. The minimum atomic E-state index is -0.933. The van der Waals surface area contributed by atoms with Crippen LogP contribution in [0.25, 0.3) is 28.0 Å². The fourth-order valence-corrected chi connectivity index (χ4v) is 8.84. The molecule has 1 aliphatic carbocycles. The summed E-state index contributed by atoms with van der Waals surface area (Å²) in [7, 11) is 3.34. The predicted octanol–water partition coefficient (Wildman–Crippen LogP) is 8.06. The summed E-state index contributed by atoms with van der Waals surface area (Å²) < 4.78 is 30.7. The van der Waals surface area contributed by atoms with Crippen molar-refractivity contribution < 1.29 is 23.7 Å². The molecule has 8 heteroatoms. The molecule has 9 rings (SSSR count). The lowest BCUT2D eigenvalue weighted by Gasteiger charge is -2.39. The Balaban J connectivity index is 1.27. The minimum Gasteiger partial charge on any atom is -0.493 e. The number of benzene rings is 5. The Labute approximate surface area is 310 Å². The second-order valence-electron chi connectivity index (χ2n) is 14.7. The molecule has 0 atom stereocenters. The van der Waals surface area contributed by atoms with Gasteiger partial charge in [0.25, 0.3) is 0 Å². The van der Waals surface area contributed by atoms with Crippen molar-refractivity contribution in [2.75, 3.05) is 76.6 Å². The predicted molar refractivity (Wildman–Crippen MR) is 209 cm³/mol. The van der Waals surface area contributed by atoms with Crippen molar-refractivity contribution in [1.29, 1.82) is 5.26 Å². The van der Waals surface area contributed by atoms with Crippen LogP contribution in [0, 0.1) is 11.3 Å². The van der Waals surface area contributed by atoms with Crippen LogP contribution in [0.15, 0.2) is 84.9 Å². The molecule has 0 bridgehead atoms. The van der Waals surface area contributed by atoms with Crippen molar-refractivity contribution in [1.82, 2.24) is 0 Å². The number of nitrogens with zero attached hydrogens (tertiary/aromatic N) is 3. The number of nitriles is 1. The Morgan fingerprint density at radius 3 is 1.77 bits per heavy atom. The van der Waals surface area contributed by atoms with E-state index in [9.17, 15) is 5.26 Å². The Kier molecular flexibility index (Phi) is 8.10. The molecule has 0 amide bonds. The Bertz CT molecular complexity index is 2230. The van der Waals surface area contributed by atoms with Gasteiger partial charge in [0.2, 0.25) is 0 Å². The van der Waals surface area contributed by atoms with Gasteiger partial charge in [-0.2, -0.15) is 5.26 Å². The van der Waals surface area contributed by atoms with Crippen LogP contribution in [-0.2, 0) is 20.5 Å². The lowest BCUT2D eigenvalue weighted by molar-refractivity contribution is 0.122. The molecule has 0 N–H and O–H groups in total. The van der Waals surface area contributed by atoms with Gasteiger partial charge in [-0.25, -0.2) is 0 Å². The third-order valence-corrected chi connectivity index (χ3v) is 11.6. The number of methoxy groups -OCH3 is 2. The molecule has 2 fully saturated rings. The van der Waals surface area contributed by atoms with E-state index in [-0.39, 0.29) is 0 Å². The summed E-state index contributed by atoms with van der Waals surface area (Å²) in [6.07, 6.45) is 4.49. The zero-order valence-corrected chi connectivity index (χ0v) is 30.7. The van der Waals surface area contributed by atoms with E-state index in [0.717, 1.165) is 103 Å². The number of ether oxygens (including phenoxy) is 5. The van der Waals surface area contributed by atoms with Gasteiger partial charge < -0.3 is 33.5 Å². The maximum absolute atomic E-state index is 9.87. The number of hydrogen-bond donors (Lipinski definition) is 0. The van der Waals surface area contributed by atoms with Crippen LogP contribution < -0.4 is 24.0 Å². The van der Waals surface area contributed by atoms with Crippen molar-refractivity contribution >= 4 is 28.2 Å². The molecule has 268 valence electrons. The summed E-state index contributed by atoms with van der Waals surface area (Å²) >= 11 is 0. The van der Waals surface area contributed by atoms with Gasteiger partial charge in [-0.05, 0) is 82.2 Å². The standard InChI is InChI=1S/C45H43N3O5/c1-44(2)38-25-29(28-46)5-14-34(38)41-36-26-39(49-3)40(50-4)27-37(36)43-35(42(41)44)15-16-45(53-43,30-6-10-32(11-7-30)47-17-21-51-22-18-47)31-8-12-33(13-9-31)48-19-23-52-24-20-48/h5-16,25-27H,17-24H2,1-4H3. The molecule has 3 aliphatic heterocycles. The van der Waals surface area contributed by atoms with Crippen molar-refractivity contribution in [2.24, 2.45) is 0 Å². The average molecular weight is 706 g/mol. The lowest BCUT2D eigenvalue weighted by Crippen LogP contribution is -2.37. The number of rotatable bonds is 6. The molecule has 53 heavy (non-hydrogen) atoms. The molecule has 4 aliphatic rings. The van der Waals surface area contributed by atoms with Crippen LogP contribution in [0.2, 0.25) is 0 Å². The number of fused-ring (bicyclic) bond motifs is 8. The van der Waals surface area contributed by atoms with Crippen LogP contribution in [-0.4, -0.2) is 66.8 Å². The van der Waals surface area contributed by atoms with Gasteiger partial charge in [0, 0.05) is 65.0 Å². The van der Waals surface area contributed by atoms with E-state index in [1.807, 2.05) is 12.1 Å². The SMILES string of the molecule is COc1cc2c3c(c4c(c2cc1OC)-c1ccc(C#N)cc1C4(C)C)C=CC(c1ccc(N2CCOCC2)cc1)(c1ccc(N2CCOCC2)cc1)O3. The number of morpholine rings is 2. The van der Waals surface area contributed by atoms with E-state index in [1.54, 1.807) is 14.2 Å². The van der Waals surface area contributed by atoms with E-state index in [0.29, 0.717) is 17.1 Å². The highest BCUT2D eigenvalue weighted by atomic mass is 16.5. The number of hydrogen-bond acceptors (Lipinski definition) is 8. The topological polar surface area (TPSA) is 76.4 Å². The monoisotopic (exact) mass is 705 g/mol. The maximum Gasteiger partial charge on any atom is 0.178 e. The summed E-state index contributed by atoms with van der Waals surface area (Å²) in [5.74, 6) is 2.07. The molecular formula is C45H43N3O5. The van der Waals surface area contributed by atoms with Crippen LogP contribution in [0.1, 0.15) is 47.2 Å². The highest BCUT2D eigenvalue weighted by Gasteiger charge is 2.45. The molecule has 0 aromatic heterocycles. The molecular weight excluding hydrogens is 663 g/mol. The molecule has 0 unspecified atom stereocenters. The van der Waals surface area contributed by atoms with Gasteiger partial charge in [-0.15, -0.1) is 0 Å². The van der Waals surface area contributed by atoms with E-state index >= 15 is 0 Å². The molecule has 2 saturated heterocycles. The summed E-state index contributed by atoms with van der Waals surface area (Å²) in [4.78, 5) is 4.75. The van der Waals surface area contributed by atoms with E-state index in [4.69, 9.17) is 23.7 Å². The molecule has 0 radical (unpaired) electrons. The Morgan fingerprint density at radius 2 is 1.25 bits per heavy atom. The van der Waals surface area contributed by atoms with Crippen LogP contribution in [0.3, 0.4) is 0 Å². The first-order chi connectivity index (χ1) is 25.9. The van der Waals surface area contributed by atoms with E-state index in [1.165, 1.54) is 16.9 Å². The lowest BCUT2D eigenvalue weighted by atomic mass is 9.76. The first kappa shape index (κ1) is 33.4. The van der Waals surface area contributed by atoms with Gasteiger partial charge in [-0.3, -0.25) is 0 Å². The molecule has 0 spiro atoms. The maximum atomic E-state index is 9.87. The first-order valence-electron chi connectivity index (χ1n) is 18.4. The Morgan fingerprint density at radius 1 is 0.698 bits per heavy atom. The first-order valence-corrected chi connectivity index (χ1v) is 18.4. The zero-order valence-electron chi connectivity index (χ0n) is 30.7. The fraction of sp³-hybridized carbons (Fsp3) is 0.311. The summed E-state index contributed by atoms with van der Waals surface area (Å²) in [5, 5.41) is 11.8. The minimum absolute atomic E-state index is 0.406. The van der Waals surface area contributed by atoms with E-state index in [2.05, 4.69) is 109 Å². The summed E-state index contributed by atoms with van der Waals surface area (Å²) in [6, 6.07) is 30.2. The molecule has 5 aromatic rings. The Hall–Kier alpha value is -5.49. The van der Waals surface area contributed by atoms with Crippen molar-refractivity contribution in [2.45, 2.75) is 24.9 Å². The third-order valence-electron chi connectivity index (χ3n) is 11.6. The number of anilines is 2. The van der Waals surface area contributed by atoms with Gasteiger partial charge >= 0.3 is 0 Å². The smallest absolute Gasteiger partial charge is 0.178 e. The van der Waals surface area contributed by atoms with Crippen molar-refractivity contribution in [3.05, 3.63) is 118 Å². The second kappa shape index (κ2) is 12.9. The highest BCUT2D eigenvalue weighted by molar-refractivity contribution is 6.09. The zero-order chi connectivity index (χ0) is 36.3. The summed E-state index contributed by atoms with van der Waals surface area (Å²) in [6.45, 7) is 10.9. The molecule has 8 nitrogen and oxygen atoms in total. The normalized spacial score (nSPS) is 18.1. The van der Waals surface area contributed by atoms with Gasteiger partial charge in [0.1, 0.15) is 5.75 Å². The van der Waals surface area contributed by atoms with E-state index < -0.39 is 11.0 Å². The van der Waals surface area contributed by atoms with Crippen molar-refractivity contribution in [3.63, 3.8) is 0 Å². The largest absolute Gasteiger partial charge is 0.493 e. The molecule has 3 heterocycles. The van der Waals surface area contributed by atoms with Gasteiger partial charge in [0.15, 0.2) is 17.1 Å².